The van der Waals surface area contributed by atoms with Gasteiger partial charge in [-0.3, -0.25) is 4.79 Å². The average Bonchev–Trinajstić information content (AvgIpc) is 2.26. The van der Waals surface area contributed by atoms with Crippen molar-refractivity contribution in [3.63, 3.8) is 0 Å². The number of carbonyl (C=O) groups excluding carboxylic acids is 2. The molecule has 0 amide bonds. The third kappa shape index (κ3) is 2.61. The molecule has 0 radical (unpaired) electrons. The van der Waals surface area contributed by atoms with Gasteiger partial charge in [-0.25, -0.2) is 4.79 Å². The summed E-state index contributed by atoms with van der Waals surface area (Å²) in [6.45, 7) is 1.69. The van der Waals surface area contributed by atoms with E-state index in [0.717, 1.165) is 0 Å². The lowest BCUT2D eigenvalue weighted by Gasteiger charge is -2.09. The largest absolute Gasteiger partial charge is 0.465 e. The summed E-state index contributed by atoms with van der Waals surface area (Å²) < 4.78 is 4.60. The predicted molar refractivity (Wildman–Crippen MR) is 64.9 cm³/mol. The quantitative estimate of drug-likeness (QED) is 0.399. The van der Waals surface area contributed by atoms with Gasteiger partial charge in [-0.1, -0.05) is 15.9 Å². The number of ketones is 1. The van der Waals surface area contributed by atoms with E-state index in [1.165, 1.54) is 19.2 Å². The van der Waals surface area contributed by atoms with Crippen molar-refractivity contribution in [1.29, 1.82) is 0 Å². The molecular weight excluding hydrogens is 274 g/mol. The predicted octanol–water partition coefficient (Wildman–Crippen LogP) is 2.02. The highest BCUT2D eigenvalue weighted by Crippen LogP contribution is 2.19. The molecule has 0 fully saturated rings. The molecule has 86 valence electrons. The normalized spacial score (nSPS) is 11.9. The number of hydrogen-bond donors (Lipinski definition) is 1. The molecule has 0 saturated carbocycles. The highest BCUT2D eigenvalue weighted by atomic mass is 79.9. The number of methoxy groups -OCH3 is 1. The van der Waals surface area contributed by atoms with E-state index in [0.29, 0.717) is 5.69 Å². The monoisotopic (exact) mass is 285 g/mol. The van der Waals surface area contributed by atoms with Crippen LogP contribution in [0.2, 0.25) is 0 Å². The molecule has 0 aliphatic rings. The van der Waals surface area contributed by atoms with Crippen molar-refractivity contribution in [1.82, 2.24) is 0 Å². The third-order valence-electron chi connectivity index (χ3n) is 2.08. The van der Waals surface area contributed by atoms with E-state index in [9.17, 15) is 9.59 Å². The first-order chi connectivity index (χ1) is 7.47. The molecule has 4 nitrogen and oxygen atoms in total. The number of nitrogen functional groups attached to an aromatic ring is 1. The van der Waals surface area contributed by atoms with Gasteiger partial charge in [-0.15, -0.1) is 0 Å². The minimum atomic E-state index is -0.545. The summed E-state index contributed by atoms with van der Waals surface area (Å²) in [5.41, 5.74) is 6.53. The lowest BCUT2D eigenvalue weighted by molar-refractivity contribution is 0.0597. The van der Waals surface area contributed by atoms with Crippen molar-refractivity contribution in [3.05, 3.63) is 29.3 Å². The number of carbonyl (C=O) groups is 2. The number of alkyl halides is 1. The van der Waals surface area contributed by atoms with Crippen molar-refractivity contribution in [2.75, 3.05) is 12.8 Å². The molecule has 1 aromatic rings. The van der Waals surface area contributed by atoms with Crippen LogP contribution in [0.3, 0.4) is 0 Å². The Morgan fingerprint density at radius 3 is 2.50 bits per heavy atom. The molecule has 0 heterocycles. The van der Waals surface area contributed by atoms with Gasteiger partial charge in [-0.2, -0.15) is 0 Å². The number of ether oxygens (including phenoxy) is 1. The summed E-state index contributed by atoms with van der Waals surface area (Å²) in [6.07, 6.45) is 0. The van der Waals surface area contributed by atoms with Gasteiger partial charge in [-0.05, 0) is 25.1 Å². The Kier molecular flexibility index (Phi) is 4.06. The fraction of sp³-hybridized carbons (Fsp3) is 0.273. The number of anilines is 1. The van der Waals surface area contributed by atoms with E-state index < -0.39 is 5.97 Å². The van der Waals surface area contributed by atoms with Gasteiger partial charge in [0.1, 0.15) is 0 Å². The molecule has 0 spiro atoms. The molecule has 2 N–H and O–H groups in total. The summed E-state index contributed by atoms with van der Waals surface area (Å²) in [4.78, 5) is 22.9. The Balaban J connectivity index is 3.29. The third-order valence-corrected chi connectivity index (χ3v) is 2.49. The van der Waals surface area contributed by atoms with Crippen LogP contribution in [0.25, 0.3) is 0 Å². The van der Waals surface area contributed by atoms with Gasteiger partial charge in [0.15, 0.2) is 5.78 Å². The first kappa shape index (κ1) is 12.7. The van der Waals surface area contributed by atoms with Crippen LogP contribution in [0.15, 0.2) is 18.2 Å². The zero-order valence-electron chi connectivity index (χ0n) is 8.99. The second-order valence-electron chi connectivity index (χ2n) is 3.28. The van der Waals surface area contributed by atoms with Crippen LogP contribution in [0.4, 0.5) is 5.69 Å². The van der Waals surface area contributed by atoms with Crippen LogP contribution in [-0.4, -0.2) is 23.7 Å². The van der Waals surface area contributed by atoms with Gasteiger partial charge in [0, 0.05) is 11.3 Å². The van der Waals surface area contributed by atoms with E-state index >= 15 is 0 Å². The first-order valence-corrected chi connectivity index (χ1v) is 5.55. The number of rotatable bonds is 3. The lowest BCUT2D eigenvalue weighted by atomic mass is 10.0. The van der Waals surface area contributed by atoms with Gasteiger partial charge in [0.2, 0.25) is 0 Å². The molecule has 1 rings (SSSR count). The standard InChI is InChI=1S/C11H12BrNO3/c1-6(12)10(14)9-5-7(13)3-4-8(9)11(15)16-2/h3-6H,13H2,1-2H3. The van der Waals surface area contributed by atoms with E-state index in [2.05, 4.69) is 20.7 Å². The molecule has 0 saturated heterocycles. The summed E-state index contributed by atoms with van der Waals surface area (Å²) in [5, 5.41) is 0. The maximum atomic E-state index is 11.8. The number of benzene rings is 1. The molecule has 16 heavy (non-hydrogen) atoms. The Morgan fingerprint density at radius 2 is 2.00 bits per heavy atom. The maximum Gasteiger partial charge on any atom is 0.338 e. The SMILES string of the molecule is COC(=O)c1ccc(N)cc1C(=O)C(C)Br. The van der Waals surface area contributed by atoms with Crippen molar-refractivity contribution >= 4 is 33.4 Å². The summed E-state index contributed by atoms with van der Waals surface area (Å²) in [6, 6.07) is 4.53. The van der Waals surface area contributed by atoms with Crippen LogP contribution in [-0.2, 0) is 4.74 Å². The molecular formula is C11H12BrNO3. The van der Waals surface area contributed by atoms with Crippen LogP contribution in [0.1, 0.15) is 27.6 Å². The smallest absolute Gasteiger partial charge is 0.338 e. The number of hydrogen-bond acceptors (Lipinski definition) is 4. The van der Waals surface area contributed by atoms with Crippen LogP contribution in [0.5, 0.6) is 0 Å². The molecule has 1 unspecified atom stereocenters. The van der Waals surface area contributed by atoms with Gasteiger partial charge in [0.25, 0.3) is 0 Å². The fourth-order valence-corrected chi connectivity index (χ4v) is 1.51. The summed E-state index contributed by atoms with van der Waals surface area (Å²) in [7, 11) is 1.27. The zero-order valence-corrected chi connectivity index (χ0v) is 10.6. The Bertz CT molecular complexity index is 429. The van der Waals surface area contributed by atoms with Gasteiger partial charge >= 0.3 is 5.97 Å². The molecule has 0 bridgehead atoms. The number of esters is 1. The molecule has 0 aliphatic carbocycles. The Labute approximate surface area is 102 Å². The maximum absolute atomic E-state index is 11.8. The summed E-state index contributed by atoms with van der Waals surface area (Å²) >= 11 is 3.16. The highest BCUT2D eigenvalue weighted by Gasteiger charge is 2.20. The number of Topliss-reactive ketones (excluding diaryl/α,β-unsaturated/α-hetero) is 1. The van der Waals surface area contributed by atoms with Crippen molar-refractivity contribution in [2.24, 2.45) is 0 Å². The topological polar surface area (TPSA) is 69.4 Å². The minimum Gasteiger partial charge on any atom is -0.465 e. The molecule has 1 aromatic carbocycles. The Hall–Kier alpha value is -1.36. The van der Waals surface area contributed by atoms with E-state index in [-0.39, 0.29) is 21.7 Å². The average molecular weight is 286 g/mol. The summed E-state index contributed by atoms with van der Waals surface area (Å²) in [5.74, 6) is -0.746. The van der Waals surface area contributed by atoms with Gasteiger partial charge < -0.3 is 10.5 Å². The zero-order chi connectivity index (χ0) is 12.3. The minimum absolute atomic E-state index is 0.201. The first-order valence-electron chi connectivity index (χ1n) is 4.63. The second-order valence-corrected chi connectivity index (χ2v) is 4.65. The second kappa shape index (κ2) is 5.12. The fourth-order valence-electron chi connectivity index (χ4n) is 1.27. The van der Waals surface area contributed by atoms with E-state index in [1.54, 1.807) is 13.0 Å². The van der Waals surface area contributed by atoms with Gasteiger partial charge in [0.05, 0.1) is 17.5 Å². The van der Waals surface area contributed by atoms with Crippen molar-refractivity contribution < 1.29 is 14.3 Å². The van der Waals surface area contributed by atoms with Crippen LogP contribution < -0.4 is 5.73 Å². The highest BCUT2D eigenvalue weighted by molar-refractivity contribution is 9.10. The Morgan fingerprint density at radius 1 is 1.38 bits per heavy atom. The number of nitrogens with two attached hydrogens (primary N) is 1. The molecule has 0 aliphatic heterocycles. The lowest BCUT2D eigenvalue weighted by Crippen LogP contribution is -2.16. The van der Waals surface area contributed by atoms with E-state index in [1.807, 2.05) is 0 Å². The molecule has 1 atom stereocenters. The van der Waals surface area contributed by atoms with Crippen LogP contribution in [0, 0.1) is 0 Å². The van der Waals surface area contributed by atoms with E-state index in [4.69, 9.17) is 5.73 Å². The van der Waals surface area contributed by atoms with Crippen molar-refractivity contribution in [3.8, 4) is 0 Å². The molecule has 0 aromatic heterocycles. The van der Waals surface area contributed by atoms with Crippen molar-refractivity contribution in [2.45, 2.75) is 11.8 Å². The van der Waals surface area contributed by atoms with Crippen LogP contribution >= 0.6 is 15.9 Å². The number of halogens is 1. The molecule has 5 heteroatoms.